The molecule has 23 heavy (non-hydrogen) atoms. The van der Waals surface area contributed by atoms with Gasteiger partial charge >= 0.3 is 0 Å². The number of phenols is 1. The van der Waals surface area contributed by atoms with Gasteiger partial charge in [0.1, 0.15) is 0 Å². The number of hydrogen-bond acceptors (Lipinski definition) is 4. The van der Waals surface area contributed by atoms with Gasteiger partial charge in [-0.15, -0.1) is 0 Å². The van der Waals surface area contributed by atoms with E-state index in [1.54, 1.807) is 24.3 Å². The van der Waals surface area contributed by atoms with Gasteiger partial charge < -0.3 is 9.84 Å². The van der Waals surface area contributed by atoms with Gasteiger partial charge in [0, 0.05) is 9.13 Å². The Balaban J connectivity index is 2.08. The standard InChI is InChI=1S/C16H14I2N2O3/c1-2-23-14-8-10(7-13(18)15(14)21)9-19-20-16(22)11-3-5-12(17)6-4-11/h3-9,21H,2H2,1H3,(H,20,22)/b19-9-. The first kappa shape index (κ1) is 18.0. The third kappa shape index (κ3) is 5.06. The van der Waals surface area contributed by atoms with Crippen molar-refractivity contribution in [1.29, 1.82) is 0 Å². The van der Waals surface area contributed by atoms with Gasteiger partial charge in [0.2, 0.25) is 0 Å². The molecule has 0 saturated carbocycles. The highest BCUT2D eigenvalue weighted by Crippen LogP contribution is 2.32. The minimum Gasteiger partial charge on any atom is -0.504 e. The molecule has 0 fully saturated rings. The molecule has 2 rings (SSSR count). The van der Waals surface area contributed by atoms with Crippen molar-refractivity contribution in [2.24, 2.45) is 5.10 Å². The summed E-state index contributed by atoms with van der Waals surface area (Å²) in [5, 5.41) is 13.8. The molecule has 0 unspecified atom stereocenters. The van der Waals surface area contributed by atoms with E-state index < -0.39 is 0 Å². The van der Waals surface area contributed by atoms with Crippen molar-refractivity contribution in [3.63, 3.8) is 0 Å². The van der Waals surface area contributed by atoms with Crippen molar-refractivity contribution in [2.45, 2.75) is 6.92 Å². The number of hydrogen-bond donors (Lipinski definition) is 2. The van der Waals surface area contributed by atoms with Gasteiger partial charge in [0.15, 0.2) is 11.5 Å². The van der Waals surface area contributed by atoms with Crippen LogP contribution in [0.3, 0.4) is 0 Å². The van der Waals surface area contributed by atoms with Gasteiger partial charge in [-0.1, -0.05) is 0 Å². The van der Waals surface area contributed by atoms with Gasteiger partial charge in [-0.2, -0.15) is 5.10 Å². The van der Waals surface area contributed by atoms with E-state index in [0.717, 1.165) is 9.13 Å². The first-order valence-corrected chi connectivity index (χ1v) is 8.91. The normalized spacial score (nSPS) is 10.7. The Bertz CT molecular complexity index is 731. The van der Waals surface area contributed by atoms with E-state index in [4.69, 9.17) is 4.74 Å². The highest BCUT2D eigenvalue weighted by molar-refractivity contribution is 14.1. The molecule has 0 aliphatic heterocycles. The second kappa shape index (κ2) is 8.48. The molecule has 120 valence electrons. The minimum absolute atomic E-state index is 0.104. The molecule has 0 aromatic heterocycles. The van der Waals surface area contributed by atoms with Crippen LogP contribution in [0.25, 0.3) is 0 Å². The Hall–Kier alpha value is -1.36. The molecule has 0 aliphatic carbocycles. The van der Waals surface area contributed by atoms with Crippen molar-refractivity contribution >= 4 is 57.3 Å². The second-order valence-corrected chi connectivity index (χ2v) is 6.90. The zero-order valence-corrected chi connectivity index (χ0v) is 16.5. The molecule has 0 heterocycles. The second-order valence-electron chi connectivity index (χ2n) is 4.49. The number of nitrogens with zero attached hydrogens (tertiary/aromatic N) is 1. The van der Waals surface area contributed by atoms with Crippen molar-refractivity contribution in [2.75, 3.05) is 6.61 Å². The average molecular weight is 536 g/mol. The smallest absolute Gasteiger partial charge is 0.271 e. The number of carbonyl (C=O) groups is 1. The number of halogens is 2. The van der Waals surface area contributed by atoms with E-state index in [1.807, 2.05) is 41.6 Å². The molecule has 1 amide bonds. The number of nitrogens with one attached hydrogen (secondary N) is 1. The predicted molar refractivity (Wildman–Crippen MR) is 106 cm³/mol. The molecular formula is C16H14I2N2O3. The Morgan fingerprint density at radius 3 is 2.65 bits per heavy atom. The van der Waals surface area contributed by atoms with Crippen molar-refractivity contribution < 1.29 is 14.6 Å². The lowest BCUT2D eigenvalue weighted by Gasteiger charge is -2.08. The van der Waals surface area contributed by atoms with E-state index in [1.165, 1.54) is 6.21 Å². The van der Waals surface area contributed by atoms with Crippen LogP contribution in [-0.2, 0) is 0 Å². The Morgan fingerprint density at radius 2 is 2.00 bits per heavy atom. The monoisotopic (exact) mass is 536 g/mol. The lowest BCUT2D eigenvalue weighted by atomic mass is 10.2. The molecule has 0 saturated heterocycles. The summed E-state index contributed by atoms with van der Waals surface area (Å²) in [6.07, 6.45) is 1.51. The molecule has 2 aromatic rings. The highest BCUT2D eigenvalue weighted by atomic mass is 127. The van der Waals surface area contributed by atoms with E-state index >= 15 is 0 Å². The van der Waals surface area contributed by atoms with Crippen LogP contribution in [0.15, 0.2) is 41.5 Å². The molecule has 0 bridgehead atoms. The van der Waals surface area contributed by atoms with Crippen LogP contribution < -0.4 is 10.2 Å². The minimum atomic E-state index is -0.281. The van der Waals surface area contributed by atoms with Crippen LogP contribution in [0.5, 0.6) is 11.5 Å². The van der Waals surface area contributed by atoms with Gasteiger partial charge in [0.25, 0.3) is 5.91 Å². The Labute approximate surface area is 161 Å². The average Bonchev–Trinajstić information content (AvgIpc) is 2.53. The zero-order valence-electron chi connectivity index (χ0n) is 12.2. The van der Waals surface area contributed by atoms with Crippen LogP contribution in [0.2, 0.25) is 0 Å². The number of hydrazone groups is 1. The van der Waals surface area contributed by atoms with Crippen LogP contribution in [-0.4, -0.2) is 23.8 Å². The fourth-order valence-corrected chi connectivity index (χ4v) is 2.75. The number of rotatable bonds is 5. The maximum absolute atomic E-state index is 11.9. The molecule has 2 aromatic carbocycles. The summed E-state index contributed by atoms with van der Waals surface area (Å²) in [6.45, 7) is 2.29. The first-order valence-electron chi connectivity index (χ1n) is 6.75. The van der Waals surface area contributed by atoms with Crippen molar-refractivity contribution in [3.8, 4) is 11.5 Å². The van der Waals surface area contributed by atoms with Gasteiger partial charge in [0.05, 0.1) is 16.4 Å². The predicted octanol–water partition coefficient (Wildman–Crippen LogP) is 3.76. The van der Waals surface area contributed by atoms with Gasteiger partial charge in [-0.25, -0.2) is 5.43 Å². The maximum Gasteiger partial charge on any atom is 0.271 e. The van der Waals surface area contributed by atoms with Crippen LogP contribution in [0.1, 0.15) is 22.8 Å². The van der Waals surface area contributed by atoms with E-state index in [9.17, 15) is 9.90 Å². The lowest BCUT2D eigenvalue weighted by Crippen LogP contribution is -2.17. The summed E-state index contributed by atoms with van der Waals surface area (Å²) >= 11 is 4.19. The number of carbonyl (C=O) groups excluding carboxylic acids is 1. The summed E-state index contributed by atoms with van der Waals surface area (Å²) in [5.41, 5.74) is 3.74. The Morgan fingerprint density at radius 1 is 1.30 bits per heavy atom. The molecule has 7 heteroatoms. The number of ether oxygens (including phenoxy) is 1. The SMILES string of the molecule is CCOc1cc(/C=N\NC(=O)c2ccc(I)cc2)cc(I)c1O. The highest BCUT2D eigenvalue weighted by Gasteiger charge is 2.08. The number of benzene rings is 2. The molecule has 0 atom stereocenters. The molecule has 0 radical (unpaired) electrons. The summed E-state index contributed by atoms with van der Waals surface area (Å²) in [7, 11) is 0. The number of phenolic OH excluding ortho intramolecular Hbond substituents is 1. The largest absolute Gasteiger partial charge is 0.504 e. The quantitative estimate of drug-likeness (QED) is 0.348. The summed E-state index contributed by atoms with van der Waals surface area (Å²) in [5.74, 6) is 0.216. The van der Waals surface area contributed by atoms with Gasteiger partial charge in [-0.3, -0.25) is 4.79 Å². The van der Waals surface area contributed by atoms with Crippen LogP contribution in [0, 0.1) is 7.14 Å². The molecular weight excluding hydrogens is 522 g/mol. The maximum atomic E-state index is 11.9. The summed E-state index contributed by atoms with van der Waals surface area (Å²) < 4.78 is 7.07. The molecule has 0 spiro atoms. The van der Waals surface area contributed by atoms with Crippen molar-refractivity contribution in [3.05, 3.63) is 54.7 Å². The summed E-state index contributed by atoms with van der Waals surface area (Å²) in [6, 6.07) is 10.6. The zero-order chi connectivity index (χ0) is 16.8. The molecule has 2 N–H and O–H groups in total. The summed E-state index contributed by atoms with van der Waals surface area (Å²) in [4.78, 5) is 11.9. The lowest BCUT2D eigenvalue weighted by molar-refractivity contribution is 0.0955. The van der Waals surface area contributed by atoms with E-state index in [0.29, 0.717) is 21.5 Å². The third-order valence-electron chi connectivity index (χ3n) is 2.84. The molecule has 0 aliphatic rings. The molecule has 5 nitrogen and oxygen atoms in total. The first-order chi connectivity index (χ1) is 11.0. The number of aromatic hydroxyl groups is 1. The third-order valence-corrected chi connectivity index (χ3v) is 4.38. The van der Waals surface area contributed by atoms with E-state index in [2.05, 4.69) is 33.1 Å². The van der Waals surface area contributed by atoms with Gasteiger partial charge in [-0.05, 0) is 94.1 Å². The fraction of sp³-hybridized carbons (Fsp3) is 0.125. The topological polar surface area (TPSA) is 70.9 Å². The fourth-order valence-electron chi connectivity index (χ4n) is 1.77. The Kier molecular flexibility index (Phi) is 6.63. The van der Waals surface area contributed by atoms with Crippen LogP contribution in [0.4, 0.5) is 0 Å². The van der Waals surface area contributed by atoms with E-state index in [-0.39, 0.29) is 11.7 Å². The number of amides is 1. The van der Waals surface area contributed by atoms with Crippen LogP contribution >= 0.6 is 45.2 Å². The van der Waals surface area contributed by atoms with Crippen molar-refractivity contribution in [1.82, 2.24) is 5.43 Å².